The fourth-order valence-electron chi connectivity index (χ4n) is 3.08. The van der Waals surface area contributed by atoms with Gasteiger partial charge >= 0.3 is 6.03 Å². The number of amides is 3. The van der Waals surface area contributed by atoms with Crippen molar-refractivity contribution in [1.29, 1.82) is 0 Å². The molecule has 2 rings (SSSR count). The normalized spacial score (nSPS) is 17.4. The van der Waals surface area contributed by atoms with Crippen LogP contribution in [0.25, 0.3) is 0 Å². The highest BCUT2D eigenvalue weighted by molar-refractivity contribution is 7.89. The largest absolute Gasteiger partial charge is 0.491 e. The van der Waals surface area contributed by atoms with Gasteiger partial charge in [0.25, 0.3) is 0 Å². The van der Waals surface area contributed by atoms with Crippen LogP contribution in [-0.2, 0) is 20.4 Å². The third-order valence-electron chi connectivity index (χ3n) is 4.98. The number of unbranched alkanes of at least 4 members (excludes halogenated alkanes) is 1. The molecule has 0 aromatic heterocycles. The summed E-state index contributed by atoms with van der Waals surface area (Å²) in [6, 6.07) is 6.06. The molecule has 1 saturated heterocycles. The smallest absolute Gasteiger partial charge is 0.324 e. The van der Waals surface area contributed by atoms with Crippen LogP contribution >= 0.6 is 0 Å². The molecule has 1 aliphatic rings. The van der Waals surface area contributed by atoms with Crippen LogP contribution in [0.3, 0.4) is 0 Å². The van der Waals surface area contributed by atoms with Gasteiger partial charge in [-0.05, 0) is 43.9 Å². The number of hydrogen-bond donors (Lipinski definition) is 3. The van der Waals surface area contributed by atoms with E-state index in [9.17, 15) is 27.5 Å². The number of rotatable bonds is 13. The molecule has 0 bridgehead atoms. The summed E-state index contributed by atoms with van der Waals surface area (Å²) in [4.78, 5) is 23.9. The van der Waals surface area contributed by atoms with Gasteiger partial charge in [0.2, 0.25) is 15.9 Å². The number of hydrogen-bond acceptors (Lipinski definition) is 6. The van der Waals surface area contributed by atoms with E-state index in [-0.39, 0.29) is 44.3 Å². The van der Waals surface area contributed by atoms with E-state index in [0.29, 0.717) is 24.2 Å². The predicted molar refractivity (Wildman–Crippen MR) is 113 cm³/mol. The van der Waals surface area contributed by atoms with E-state index in [1.807, 2.05) is 0 Å². The van der Waals surface area contributed by atoms with Crippen molar-refractivity contribution in [3.63, 3.8) is 0 Å². The zero-order valence-electron chi connectivity index (χ0n) is 17.8. The highest BCUT2D eigenvalue weighted by atomic mass is 32.2. The molecule has 0 spiro atoms. The molecule has 0 radical (unpaired) electrons. The molecular weight excluding hydrogens is 429 g/mol. The van der Waals surface area contributed by atoms with Gasteiger partial charge in [0, 0.05) is 13.1 Å². The first-order valence-corrected chi connectivity index (χ1v) is 11.9. The van der Waals surface area contributed by atoms with Crippen LogP contribution in [0.15, 0.2) is 24.3 Å². The average molecular weight is 460 g/mol. The van der Waals surface area contributed by atoms with E-state index < -0.39 is 27.8 Å². The molecular formula is C20H30FN3O6S. The van der Waals surface area contributed by atoms with E-state index >= 15 is 0 Å². The lowest BCUT2D eigenvalue weighted by Crippen LogP contribution is -2.41. The zero-order valence-corrected chi connectivity index (χ0v) is 18.6. The summed E-state index contributed by atoms with van der Waals surface area (Å²) in [6.45, 7) is 3.04. The minimum absolute atomic E-state index is 0.0135. The topological polar surface area (TPSA) is 125 Å². The van der Waals surface area contributed by atoms with Gasteiger partial charge in [-0.25, -0.2) is 22.3 Å². The third kappa shape index (κ3) is 7.75. The van der Waals surface area contributed by atoms with E-state index in [2.05, 4.69) is 10.0 Å². The summed E-state index contributed by atoms with van der Waals surface area (Å²) >= 11 is 0. The van der Waals surface area contributed by atoms with Crippen LogP contribution in [0.1, 0.15) is 38.7 Å². The monoisotopic (exact) mass is 459 g/mol. The number of ether oxygens (including phenoxy) is 1. The van der Waals surface area contributed by atoms with Crippen molar-refractivity contribution in [2.24, 2.45) is 0 Å². The van der Waals surface area contributed by atoms with Crippen LogP contribution in [-0.4, -0.2) is 68.5 Å². The molecule has 0 saturated carbocycles. The van der Waals surface area contributed by atoms with Gasteiger partial charge in [-0.15, -0.1) is 0 Å². The van der Waals surface area contributed by atoms with Crippen LogP contribution in [0.5, 0.6) is 5.75 Å². The van der Waals surface area contributed by atoms with Gasteiger partial charge in [0.15, 0.2) is 0 Å². The van der Waals surface area contributed by atoms with Crippen molar-refractivity contribution in [1.82, 2.24) is 14.9 Å². The number of imide groups is 1. The van der Waals surface area contributed by atoms with Gasteiger partial charge in [-0.2, -0.15) is 0 Å². The molecule has 9 nitrogen and oxygen atoms in total. The summed E-state index contributed by atoms with van der Waals surface area (Å²) in [7, 11) is -3.66. The van der Waals surface area contributed by atoms with Crippen molar-refractivity contribution in [2.45, 2.75) is 44.9 Å². The predicted octanol–water partition coefficient (Wildman–Crippen LogP) is 1.27. The average Bonchev–Trinajstić information content (AvgIpc) is 3.05. The SMILES string of the molecule is CC[C@@](O)(CNS(=O)(=O)CCCCN1CC(=O)NC1=O)c1cccc(OCC(C)F)c1. The van der Waals surface area contributed by atoms with Crippen molar-refractivity contribution >= 4 is 22.0 Å². The van der Waals surface area contributed by atoms with E-state index in [0.717, 1.165) is 0 Å². The Balaban J connectivity index is 1.87. The van der Waals surface area contributed by atoms with Crippen molar-refractivity contribution < 1.29 is 32.2 Å². The highest BCUT2D eigenvalue weighted by Gasteiger charge is 2.30. The quantitative estimate of drug-likeness (QED) is 0.301. The van der Waals surface area contributed by atoms with Crippen LogP contribution in [0, 0.1) is 0 Å². The Labute approximate surface area is 182 Å². The lowest BCUT2D eigenvalue weighted by Gasteiger charge is -2.28. The number of sulfonamides is 1. The summed E-state index contributed by atoms with van der Waals surface area (Å²) in [5, 5.41) is 13.1. The van der Waals surface area contributed by atoms with Crippen molar-refractivity contribution in [2.75, 3.05) is 32.0 Å². The number of halogens is 1. The summed E-state index contributed by atoms with van der Waals surface area (Å²) in [6.07, 6.45) is -0.175. The van der Waals surface area contributed by atoms with Crippen LogP contribution in [0.2, 0.25) is 0 Å². The Kier molecular flexibility index (Phi) is 8.78. The maximum atomic E-state index is 13.0. The number of carbonyl (C=O) groups is 2. The third-order valence-corrected chi connectivity index (χ3v) is 6.39. The molecule has 1 heterocycles. The second-order valence-corrected chi connectivity index (χ2v) is 9.55. The Morgan fingerprint density at radius 2 is 2.10 bits per heavy atom. The van der Waals surface area contributed by atoms with Crippen LogP contribution in [0.4, 0.5) is 9.18 Å². The Morgan fingerprint density at radius 3 is 2.71 bits per heavy atom. The standard InChI is InChI=1S/C20H30FN3O6S/c1-3-20(27,16-7-6-8-17(11-16)30-13-15(2)21)14-22-31(28,29)10-5-4-9-24-12-18(25)23-19(24)26/h6-8,11,15,22,27H,3-5,9-10,12-14H2,1-2H3,(H,23,25,26)/t15?,20-/m1/s1. The second kappa shape index (κ2) is 10.9. The highest BCUT2D eigenvalue weighted by Crippen LogP contribution is 2.27. The van der Waals surface area contributed by atoms with E-state index in [1.165, 1.54) is 11.8 Å². The van der Waals surface area contributed by atoms with Gasteiger partial charge in [0.1, 0.15) is 30.7 Å². The van der Waals surface area contributed by atoms with Gasteiger partial charge in [-0.1, -0.05) is 19.1 Å². The summed E-state index contributed by atoms with van der Waals surface area (Å²) in [5.74, 6) is -0.152. The number of nitrogens with one attached hydrogen (secondary N) is 2. The lowest BCUT2D eigenvalue weighted by molar-refractivity contribution is -0.118. The van der Waals surface area contributed by atoms with Gasteiger partial charge < -0.3 is 14.7 Å². The molecule has 1 aliphatic heterocycles. The minimum Gasteiger partial charge on any atom is -0.491 e. The molecule has 1 unspecified atom stereocenters. The Bertz CT molecular complexity index is 879. The Hall–Kier alpha value is -2.24. The fraction of sp³-hybridized carbons (Fsp3) is 0.600. The molecule has 3 N–H and O–H groups in total. The number of alkyl halides is 1. The molecule has 1 aromatic carbocycles. The number of carbonyl (C=O) groups excluding carboxylic acids is 2. The first-order valence-electron chi connectivity index (χ1n) is 10.2. The summed E-state index contributed by atoms with van der Waals surface area (Å²) in [5.41, 5.74) is -0.992. The van der Waals surface area contributed by atoms with E-state index in [4.69, 9.17) is 4.74 Å². The number of nitrogens with zero attached hydrogens (tertiary/aromatic N) is 1. The molecule has 3 amide bonds. The van der Waals surface area contributed by atoms with E-state index in [1.54, 1.807) is 31.2 Å². The second-order valence-electron chi connectivity index (χ2n) is 7.63. The first-order chi connectivity index (χ1) is 14.5. The summed E-state index contributed by atoms with van der Waals surface area (Å²) < 4.78 is 45.5. The maximum Gasteiger partial charge on any atom is 0.324 e. The van der Waals surface area contributed by atoms with Crippen molar-refractivity contribution in [3.8, 4) is 5.75 Å². The minimum atomic E-state index is -3.66. The molecule has 174 valence electrons. The van der Waals surface area contributed by atoms with Gasteiger partial charge in [0.05, 0.1) is 5.75 Å². The molecule has 11 heteroatoms. The van der Waals surface area contributed by atoms with Crippen molar-refractivity contribution in [3.05, 3.63) is 29.8 Å². The molecule has 1 aromatic rings. The lowest BCUT2D eigenvalue weighted by atomic mass is 9.91. The van der Waals surface area contributed by atoms with Crippen LogP contribution < -0.4 is 14.8 Å². The zero-order chi connectivity index (χ0) is 23.1. The number of aliphatic hydroxyl groups is 1. The number of benzene rings is 1. The Morgan fingerprint density at radius 1 is 1.35 bits per heavy atom. The molecule has 2 atom stereocenters. The molecule has 0 aliphatic carbocycles. The molecule has 1 fully saturated rings. The fourth-order valence-corrected chi connectivity index (χ4v) is 4.26. The number of urea groups is 1. The van der Waals surface area contributed by atoms with Gasteiger partial charge in [-0.3, -0.25) is 10.1 Å². The molecule has 31 heavy (non-hydrogen) atoms. The maximum absolute atomic E-state index is 13.0. The first kappa shape index (κ1) is 25.0.